The highest BCUT2D eigenvalue weighted by Gasteiger charge is 2.25. The van der Waals surface area contributed by atoms with Gasteiger partial charge in [-0.2, -0.15) is 0 Å². The van der Waals surface area contributed by atoms with Crippen molar-refractivity contribution in [3.8, 4) is 5.69 Å². The molecule has 0 amide bonds. The first-order valence-corrected chi connectivity index (χ1v) is 6.65. The van der Waals surface area contributed by atoms with Crippen molar-refractivity contribution in [1.82, 2.24) is 14.8 Å². The highest BCUT2D eigenvalue weighted by molar-refractivity contribution is 5.65. The smallest absolute Gasteiger partial charge is 0.157 e. The van der Waals surface area contributed by atoms with E-state index in [0.29, 0.717) is 13.2 Å². The third-order valence-corrected chi connectivity index (χ3v) is 3.52. The minimum atomic E-state index is -0.249. The van der Waals surface area contributed by atoms with Gasteiger partial charge in [-0.25, -0.2) is 4.39 Å². The molecule has 1 aromatic heterocycles. The monoisotopic (exact) mass is 276 g/mol. The molecular formula is C14H17FN4O. The standard InChI is InChI=1S/C14H17FN4O/c1-10-16-17-14-9-18(6-3-7-20-2)12-5-4-11(15)8-13(12)19(10)14/h4-5,8H,3,6-7,9H2,1-2H3. The van der Waals surface area contributed by atoms with Gasteiger partial charge in [-0.05, 0) is 25.5 Å². The fourth-order valence-corrected chi connectivity index (χ4v) is 2.62. The van der Waals surface area contributed by atoms with Crippen LogP contribution in [0.2, 0.25) is 0 Å². The Hall–Kier alpha value is -1.95. The number of benzene rings is 1. The topological polar surface area (TPSA) is 43.2 Å². The molecule has 3 rings (SSSR count). The van der Waals surface area contributed by atoms with Gasteiger partial charge in [0.2, 0.25) is 0 Å². The Morgan fingerprint density at radius 1 is 1.30 bits per heavy atom. The molecular weight excluding hydrogens is 259 g/mol. The highest BCUT2D eigenvalue weighted by Crippen LogP contribution is 2.32. The molecule has 20 heavy (non-hydrogen) atoms. The van der Waals surface area contributed by atoms with Crippen LogP contribution in [0.15, 0.2) is 18.2 Å². The Labute approximate surface area is 117 Å². The Morgan fingerprint density at radius 2 is 2.15 bits per heavy atom. The molecule has 0 saturated heterocycles. The molecule has 2 aromatic rings. The second kappa shape index (κ2) is 5.20. The molecule has 0 bridgehead atoms. The van der Waals surface area contributed by atoms with Crippen LogP contribution >= 0.6 is 0 Å². The van der Waals surface area contributed by atoms with Gasteiger partial charge in [0.1, 0.15) is 11.6 Å². The molecule has 1 aliphatic rings. The van der Waals surface area contributed by atoms with Gasteiger partial charge in [0, 0.05) is 26.3 Å². The molecule has 0 radical (unpaired) electrons. The van der Waals surface area contributed by atoms with Gasteiger partial charge in [-0.3, -0.25) is 4.57 Å². The van der Waals surface area contributed by atoms with E-state index in [1.54, 1.807) is 7.11 Å². The lowest BCUT2D eigenvalue weighted by molar-refractivity contribution is 0.196. The van der Waals surface area contributed by atoms with Crippen molar-refractivity contribution in [2.24, 2.45) is 0 Å². The lowest BCUT2D eigenvalue weighted by Gasteiger charge is -2.31. The summed E-state index contributed by atoms with van der Waals surface area (Å²) in [5, 5.41) is 8.28. The van der Waals surface area contributed by atoms with Crippen LogP contribution in [0.1, 0.15) is 18.1 Å². The second-order valence-electron chi connectivity index (χ2n) is 4.90. The number of ether oxygens (including phenoxy) is 1. The maximum absolute atomic E-state index is 13.6. The summed E-state index contributed by atoms with van der Waals surface area (Å²) in [6.45, 7) is 4.12. The van der Waals surface area contributed by atoms with Crippen molar-refractivity contribution in [3.63, 3.8) is 0 Å². The van der Waals surface area contributed by atoms with Gasteiger partial charge in [-0.1, -0.05) is 0 Å². The van der Waals surface area contributed by atoms with Gasteiger partial charge < -0.3 is 9.64 Å². The Morgan fingerprint density at radius 3 is 2.95 bits per heavy atom. The first-order valence-electron chi connectivity index (χ1n) is 6.65. The zero-order valence-electron chi connectivity index (χ0n) is 11.6. The molecule has 0 aliphatic carbocycles. The minimum absolute atomic E-state index is 0.249. The summed E-state index contributed by atoms with van der Waals surface area (Å²) in [6.07, 6.45) is 0.917. The molecule has 0 spiro atoms. The molecule has 0 saturated carbocycles. The maximum Gasteiger partial charge on any atom is 0.157 e. The average molecular weight is 276 g/mol. The summed E-state index contributed by atoms with van der Waals surface area (Å²) in [6, 6.07) is 4.85. The molecule has 0 fully saturated rings. The number of rotatable bonds is 4. The predicted octanol–water partition coefficient (Wildman–Crippen LogP) is 2.07. The van der Waals surface area contributed by atoms with Crippen molar-refractivity contribution in [2.75, 3.05) is 25.2 Å². The van der Waals surface area contributed by atoms with Crippen LogP contribution in [0.25, 0.3) is 5.69 Å². The van der Waals surface area contributed by atoms with Crippen LogP contribution in [-0.4, -0.2) is 35.0 Å². The number of hydrogen-bond acceptors (Lipinski definition) is 4. The number of aryl methyl sites for hydroxylation is 1. The molecule has 106 valence electrons. The summed E-state index contributed by atoms with van der Waals surface area (Å²) >= 11 is 0. The molecule has 2 heterocycles. The van der Waals surface area contributed by atoms with E-state index >= 15 is 0 Å². The quantitative estimate of drug-likeness (QED) is 0.802. The van der Waals surface area contributed by atoms with E-state index < -0.39 is 0 Å². The highest BCUT2D eigenvalue weighted by atomic mass is 19.1. The molecule has 0 N–H and O–H groups in total. The zero-order valence-corrected chi connectivity index (χ0v) is 11.6. The molecule has 0 atom stereocenters. The summed E-state index contributed by atoms with van der Waals surface area (Å²) in [7, 11) is 1.69. The molecule has 1 aromatic carbocycles. The fraction of sp³-hybridized carbons (Fsp3) is 0.429. The largest absolute Gasteiger partial charge is 0.385 e. The maximum atomic E-state index is 13.6. The Bertz CT molecular complexity index is 626. The van der Waals surface area contributed by atoms with Crippen LogP contribution in [0, 0.1) is 12.7 Å². The lowest BCUT2D eigenvalue weighted by atomic mass is 10.1. The van der Waals surface area contributed by atoms with E-state index in [2.05, 4.69) is 15.1 Å². The number of halogens is 1. The van der Waals surface area contributed by atoms with Crippen molar-refractivity contribution >= 4 is 5.69 Å². The third-order valence-electron chi connectivity index (χ3n) is 3.52. The SMILES string of the molecule is COCCCN1Cc2nnc(C)n2-c2cc(F)ccc21. The van der Waals surface area contributed by atoms with Crippen LogP contribution in [-0.2, 0) is 11.3 Å². The molecule has 5 nitrogen and oxygen atoms in total. The normalized spacial score (nSPS) is 13.2. The summed E-state index contributed by atoms with van der Waals surface area (Å²) in [5.74, 6) is 1.38. The Kier molecular flexibility index (Phi) is 3.40. The summed E-state index contributed by atoms with van der Waals surface area (Å²) < 4.78 is 20.6. The van der Waals surface area contributed by atoms with Crippen LogP contribution in [0.5, 0.6) is 0 Å². The molecule has 0 unspecified atom stereocenters. The van der Waals surface area contributed by atoms with E-state index in [-0.39, 0.29) is 5.82 Å². The zero-order chi connectivity index (χ0) is 14.1. The lowest BCUT2D eigenvalue weighted by Crippen LogP contribution is -2.31. The van der Waals surface area contributed by atoms with E-state index in [1.165, 1.54) is 12.1 Å². The van der Waals surface area contributed by atoms with Gasteiger partial charge in [0.15, 0.2) is 5.82 Å². The van der Waals surface area contributed by atoms with Crippen molar-refractivity contribution < 1.29 is 9.13 Å². The number of nitrogens with zero attached hydrogens (tertiary/aromatic N) is 4. The average Bonchev–Trinajstić information content (AvgIpc) is 2.80. The summed E-state index contributed by atoms with van der Waals surface area (Å²) in [5.41, 5.74) is 1.82. The van der Waals surface area contributed by atoms with Gasteiger partial charge >= 0.3 is 0 Å². The van der Waals surface area contributed by atoms with E-state index in [1.807, 2.05) is 17.6 Å². The first kappa shape index (κ1) is 13.1. The van der Waals surface area contributed by atoms with E-state index in [9.17, 15) is 4.39 Å². The number of anilines is 1. The van der Waals surface area contributed by atoms with Gasteiger partial charge in [0.05, 0.1) is 17.9 Å². The van der Waals surface area contributed by atoms with E-state index in [4.69, 9.17) is 4.74 Å². The van der Waals surface area contributed by atoms with Crippen LogP contribution in [0.3, 0.4) is 0 Å². The van der Waals surface area contributed by atoms with Crippen LogP contribution < -0.4 is 4.90 Å². The molecule has 1 aliphatic heterocycles. The van der Waals surface area contributed by atoms with Gasteiger partial charge in [0.25, 0.3) is 0 Å². The van der Waals surface area contributed by atoms with Gasteiger partial charge in [-0.15, -0.1) is 10.2 Å². The molecule has 6 heteroatoms. The number of fused-ring (bicyclic) bond motifs is 3. The predicted molar refractivity (Wildman–Crippen MR) is 73.6 cm³/mol. The number of hydrogen-bond donors (Lipinski definition) is 0. The fourth-order valence-electron chi connectivity index (χ4n) is 2.62. The van der Waals surface area contributed by atoms with Crippen molar-refractivity contribution in [2.45, 2.75) is 19.9 Å². The third kappa shape index (κ3) is 2.16. The van der Waals surface area contributed by atoms with Crippen LogP contribution in [0.4, 0.5) is 10.1 Å². The van der Waals surface area contributed by atoms with Crippen molar-refractivity contribution in [3.05, 3.63) is 35.7 Å². The minimum Gasteiger partial charge on any atom is -0.385 e. The van der Waals surface area contributed by atoms with Crippen molar-refractivity contribution in [1.29, 1.82) is 0 Å². The Balaban J connectivity index is 2.00. The number of methoxy groups -OCH3 is 1. The summed E-state index contributed by atoms with van der Waals surface area (Å²) in [4.78, 5) is 2.19. The van der Waals surface area contributed by atoms with E-state index in [0.717, 1.165) is 36.0 Å². The number of aromatic nitrogens is 3. The first-order chi connectivity index (χ1) is 9.70. The second-order valence-corrected chi connectivity index (χ2v) is 4.90.